The summed E-state index contributed by atoms with van der Waals surface area (Å²) in [7, 11) is 1.55. The Morgan fingerprint density at radius 1 is 0.946 bits per heavy atom. The lowest BCUT2D eigenvalue weighted by Gasteiger charge is -2.25. The molecule has 194 valence electrons. The summed E-state index contributed by atoms with van der Waals surface area (Å²) >= 11 is 0. The first-order valence-corrected chi connectivity index (χ1v) is 11.9. The molecule has 0 aromatic heterocycles. The molecule has 2 aromatic carbocycles. The summed E-state index contributed by atoms with van der Waals surface area (Å²) in [6.45, 7) is 2.90. The Morgan fingerprint density at radius 3 is 2.05 bits per heavy atom. The first-order valence-electron chi connectivity index (χ1n) is 11.9. The van der Waals surface area contributed by atoms with Crippen molar-refractivity contribution in [2.24, 2.45) is 0 Å². The molecule has 0 radical (unpaired) electrons. The van der Waals surface area contributed by atoms with Crippen LogP contribution in [0.3, 0.4) is 0 Å². The van der Waals surface area contributed by atoms with Gasteiger partial charge in [-0.25, -0.2) is 0 Å². The summed E-state index contributed by atoms with van der Waals surface area (Å²) in [6.07, 6.45) is 5.88. The topological polar surface area (TPSA) is 126 Å². The normalized spacial score (nSPS) is 18.3. The van der Waals surface area contributed by atoms with Gasteiger partial charge in [-0.3, -0.25) is 19.2 Å². The molecule has 3 amide bonds. The smallest absolute Gasteiger partial charge is 0.243 e. The lowest BCUT2D eigenvalue weighted by molar-refractivity contribution is -0.133. The fourth-order valence-electron chi connectivity index (χ4n) is 3.86. The van der Waals surface area contributed by atoms with Gasteiger partial charge in [-0.05, 0) is 36.6 Å². The lowest BCUT2D eigenvalue weighted by Crippen LogP contribution is -2.57. The minimum Gasteiger partial charge on any atom is -0.497 e. The van der Waals surface area contributed by atoms with E-state index in [2.05, 4.69) is 21.9 Å². The Hall–Kier alpha value is -4.16. The number of epoxide rings is 1. The van der Waals surface area contributed by atoms with Gasteiger partial charge in [0.25, 0.3) is 0 Å². The van der Waals surface area contributed by atoms with Crippen LogP contribution in [0.4, 0.5) is 0 Å². The molecule has 0 spiro atoms. The monoisotopic (exact) mass is 505 g/mol. The molecule has 1 saturated heterocycles. The molecule has 0 unspecified atom stereocenters. The van der Waals surface area contributed by atoms with E-state index in [1.54, 1.807) is 31.4 Å². The quantitative estimate of drug-likeness (QED) is 0.291. The molecule has 37 heavy (non-hydrogen) atoms. The van der Waals surface area contributed by atoms with Gasteiger partial charge in [0.2, 0.25) is 29.1 Å². The summed E-state index contributed by atoms with van der Waals surface area (Å²) in [5.41, 5.74) is 0.218. The van der Waals surface area contributed by atoms with E-state index >= 15 is 0 Å². The number of benzene rings is 2. The average Bonchev–Trinajstić information content (AvgIpc) is 3.69. The molecule has 2 aromatic rings. The average molecular weight is 506 g/mol. The summed E-state index contributed by atoms with van der Waals surface area (Å²) in [4.78, 5) is 51.0. The Kier molecular flexibility index (Phi) is 9.04. The number of terminal acetylenes is 1. The number of nitrogens with one attached hydrogen (secondary N) is 3. The van der Waals surface area contributed by atoms with Crippen LogP contribution in [0.1, 0.15) is 25.0 Å². The number of amides is 3. The summed E-state index contributed by atoms with van der Waals surface area (Å²) in [6, 6.07) is 13.4. The Labute approximate surface area is 216 Å². The molecule has 1 aliphatic rings. The number of carbonyl (C=O) groups excluding carboxylic acids is 4. The van der Waals surface area contributed by atoms with Crippen molar-refractivity contribution in [1.82, 2.24) is 16.0 Å². The second-order valence-corrected chi connectivity index (χ2v) is 8.91. The van der Waals surface area contributed by atoms with E-state index in [1.807, 2.05) is 30.3 Å². The van der Waals surface area contributed by atoms with Crippen LogP contribution >= 0.6 is 0 Å². The summed E-state index contributed by atoms with van der Waals surface area (Å²) in [5.74, 6) is 1.13. The van der Waals surface area contributed by atoms with Crippen molar-refractivity contribution in [2.75, 3.05) is 13.7 Å². The van der Waals surface area contributed by atoms with Gasteiger partial charge < -0.3 is 25.4 Å². The van der Waals surface area contributed by atoms with Gasteiger partial charge in [0, 0.05) is 13.3 Å². The fraction of sp³-hybridized carbons (Fsp3) is 0.357. The summed E-state index contributed by atoms with van der Waals surface area (Å²) in [5, 5.41) is 7.98. The van der Waals surface area contributed by atoms with Gasteiger partial charge in [-0.1, -0.05) is 48.4 Å². The standard InChI is InChI=1S/C28H31N3O6/c1-5-28(17-37-28)25(33)23(15-20-9-7-6-8-10-20)30-27(35)24(31-26(34)18(2)29-19(3)32)16-21-11-13-22(36-4)14-12-21/h1,6-14,18,23-24H,15-17H2,2-4H3,(H,29,32)(H,30,35)(H,31,34)/t18-,23-,24-,28+/m0/s1. The highest BCUT2D eigenvalue weighted by Crippen LogP contribution is 2.29. The maximum atomic E-state index is 13.5. The van der Waals surface area contributed by atoms with E-state index in [0.717, 1.165) is 11.1 Å². The van der Waals surface area contributed by atoms with Gasteiger partial charge in [-0.2, -0.15) is 0 Å². The fourth-order valence-corrected chi connectivity index (χ4v) is 3.86. The zero-order valence-electron chi connectivity index (χ0n) is 21.1. The first kappa shape index (κ1) is 27.4. The van der Waals surface area contributed by atoms with Crippen molar-refractivity contribution >= 4 is 23.5 Å². The van der Waals surface area contributed by atoms with E-state index < -0.39 is 41.3 Å². The highest BCUT2D eigenvalue weighted by molar-refractivity contribution is 6.00. The van der Waals surface area contributed by atoms with E-state index in [-0.39, 0.29) is 25.4 Å². The third-order valence-electron chi connectivity index (χ3n) is 6.02. The number of ether oxygens (including phenoxy) is 2. The number of ketones is 1. The molecule has 0 saturated carbocycles. The molecule has 4 atom stereocenters. The Bertz CT molecular complexity index is 1170. The van der Waals surface area contributed by atoms with E-state index in [1.165, 1.54) is 13.8 Å². The van der Waals surface area contributed by atoms with Crippen molar-refractivity contribution in [3.05, 3.63) is 65.7 Å². The van der Waals surface area contributed by atoms with Crippen LogP contribution in [0.25, 0.3) is 0 Å². The molecule has 1 heterocycles. The third-order valence-corrected chi connectivity index (χ3v) is 6.02. The number of carbonyl (C=O) groups is 4. The molecule has 1 aliphatic heterocycles. The molecule has 9 nitrogen and oxygen atoms in total. The molecular formula is C28H31N3O6. The molecule has 0 aliphatic carbocycles. The van der Waals surface area contributed by atoms with E-state index in [0.29, 0.717) is 5.75 Å². The lowest BCUT2D eigenvalue weighted by atomic mass is 9.93. The van der Waals surface area contributed by atoms with Crippen molar-refractivity contribution < 1.29 is 28.7 Å². The van der Waals surface area contributed by atoms with Gasteiger partial charge in [0.1, 0.15) is 17.8 Å². The number of hydrogen-bond acceptors (Lipinski definition) is 6. The van der Waals surface area contributed by atoms with Crippen molar-refractivity contribution in [2.45, 2.75) is 50.4 Å². The molecule has 9 heteroatoms. The van der Waals surface area contributed by atoms with E-state index in [9.17, 15) is 19.2 Å². The molecular weight excluding hydrogens is 474 g/mol. The van der Waals surface area contributed by atoms with Gasteiger partial charge in [0.05, 0.1) is 19.8 Å². The van der Waals surface area contributed by atoms with Crippen LogP contribution in [0.5, 0.6) is 5.75 Å². The Morgan fingerprint density at radius 2 is 1.51 bits per heavy atom. The van der Waals surface area contributed by atoms with E-state index in [4.69, 9.17) is 15.9 Å². The van der Waals surface area contributed by atoms with Gasteiger partial charge in [0.15, 0.2) is 0 Å². The first-order chi connectivity index (χ1) is 17.7. The van der Waals surface area contributed by atoms with Crippen LogP contribution in [0, 0.1) is 12.3 Å². The van der Waals surface area contributed by atoms with Crippen LogP contribution < -0.4 is 20.7 Å². The number of rotatable bonds is 12. The predicted molar refractivity (Wildman–Crippen MR) is 137 cm³/mol. The molecule has 3 rings (SSSR count). The number of Topliss-reactive ketones (excluding diaryl/α,β-unsaturated/α-hetero) is 1. The maximum Gasteiger partial charge on any atom is 0.243 e. The highest BCUT2D eigenvalue weighted by atomic mass is 16.6. The zero-order chi connectivity index (χ0) is 27.0. The third kappa shape index (κ3) is 7.41. The SMILES string of the molecule is C#C[C@]1(C(=O)[C@H](Cc2ccccc2)NC(=O)[C@H](Cc2ccc(OC)cc2)NC(=O)[C@H](C)NC(C)=O)CO1. The number of hydrogen-bond donors (Lipinski definition) is 3. The van der Waals surface area contributed by atoms with Crippen LogP contribution in [-0.4, -0.2) is 60.9 Å². The highest BCUT2D eigenvalue weighted by Gasteiger charge is 2.53. The van der Waals surface area contributed by atoms with Gasteiger partial charge >= 0.3 is 0 Å². The summed E-state index contributed by atoms with van der Waals surface area (Å²) < 4.78 is 10.4. The number of methoxy groups -OCH3 is 1. The van der Waals surface area contributed by atoms with Crippen LogP contribution in [0.2, 0.25) is 0 Å². The molecule has 0 bridgehead atoms. The maximum absolute atomic E-state index is 13.5. The zero-order valence-corrected chi connectivity index (χ0v) is 21.1. The molecule has 3 N–H and O–H groups in total. The minimum absolute atomic E-state index is 0.0870. The van der Waals surface area contributed by atoms with Gasteiger partial charge in [-0.15, -0.1) is 6.42 Å². The van der Waals surface area contributed by atoms with Crippen molar-refractivity contribution in [1.29, 1.82) is 0 Å². The van der Waals surface area contributed by atoms with Crippen molar-refractivity contribution in [3.63, 3.8) is 0 Å². The minimum atomic E-state index is -1.36. The van der Waals surface area contributed by atoms with Crippen LogP contribution in [-0.2, 0) is 36.8 Å². The van der Waals surface area contributed by atoms with Crippen molar-refractivity contribution in [3.8, 4) is 18.1 Å². The largest absolute Gasteiger partial charge is 0.497 e. The molecule has 1 fully saturated rings. The Balaban J connectivity index is 1.84. The van der Waals surface area contributed by atoms with Crippen LogP contribution in [0.15, 0.2) is 54.6 Å². The second-order valence-electron chi connectivity index (χ2n) is 8.91. The predicted octanol–water partition coefficient (Wildman–Crippen LogP) is 0.946. The second kappa shape index (κ2) is 12.2.